The molecule has 0 saturated carbocycles. The molecule has 1 unspecified atom stereocenters. The van der Waals surface area contributed by atoms with Crippen molar-refractivity contribution in [3.05, 3.63) is 70.2 Å². The average molecular weight is 345 g/mol. The van der Waals surface area contributed by atoms with E-state index in [-0.39, 0.29) is 17.1 Å². The summed E-state index contributed by atoms with van der Waals surface area (Å²) in [6, 6.07) is 18.3. The quantitative estimate of drug-likeness (QED) is 0.726. The monoisotopic (exact) mass is 344 g/mol. The van der Waals surface area contributed by atoms with Crippen molar-refractivity contribution < 1.29 is 4.79 Å². The molecular weight excluding hydrogens is 324 g/mol. The third kappa shape index (κ3) is 4.28. The smallest absolute Gasteiger partial charge is 0.145 e. The number of rotatable bonds is 4. The van der Waals surface area contributed by atoms with Crippen molar-refractivity contribution in [3.8, 4) is 0 Å². The molecule has 0 saturated heterocycles. The van der Waals surface area contributed by atoms with Crippen molar-refractivity contribution in [2.45, 2.75) is 33.1 Å². The molecule has 0 spiro atoms. The first-order valence-electron chi connectivity index (χ1n) is 7.21. The Balaban J connectivity index is 2.35. The van der Waals surface area contributed by atoms with Gasteiger partial charge < -0.3 is 0 Å². The summed E-state index contributed by atoms with van der Waals surface area (Å²) in [4.78, 5) is 12.8. The van der Waals surface area contributed by atoms with E-state index in [1.807, 2.05) is 63.2 Å². The zero-order valence-electron chi connectivity index (χ0n) is 12.8. The molecule has 0 bridgehead atoms. The Morgan fingerprint density at radius 1 is 1.00 bits per heavy atom. The largest absolute Gasteiger partial charge is 0.298 e. The molecule has 0 amide bonds. The van der Waals surface area contributed by atoms with Gasteiger partial charge in [-0.15, -0.1) is 0 Å². The van der Waals surface area contributed by atoms with E-state index in [0.29, 0.717) is 0 Å². The third-order valence-corrected chi connectivity index (χ3v) is 4.14. The van der Waals surface area contributed by atoms with Crippen LogP contribution in [-0.2, 0) is 11.2 Å². The van der Waals surface area contributed by atoms with Crippen LogP contribution in [0.1, 0.15) is 37.8 Å². The lowest BCUT2D eigenvalue weighted by Gasteiger charge is -2.25. The molecule has 110 valence electrons. The molecule has 2 heteroatoms. The first kappa shape index (κ1) is 16.0. The number of halogens is 1. The molecule has 0 aliphatic heterocycles. The predicted molar refractivity (Wildman–Crippen MR) is 91.5 cm³/mol. The molecule has 0 fully saturated rings. The van der Waals surface area contributed by atoms with Crippen molar-refractivity contribution in [2.75, 3.05) is 0 Å². The van der Waals surface area contributed by atoms with E-state index in [2.05, 4.69) is 28.1 Å². The van der Waals surface area contributed by atoms with Crippen LogP contribution in [-0.4, -0.2) is 5.78 Å². The lowest BCUT2D eigenvalue weighted by Crippen LogP contribution is -2.28. The van der Waals surface area contributed by atoms with Crippen molar-refractivity contribution in [1.29, 1.82) is 0 Å². The summed E-state index contributed by atoms with van der Waals surface area (Å²) in [6.07, 6.45) is 0.749. The van der Waals surface area contributed by atoms with Crippen LogP contribution in [0.3, 0.4) is 0 Å². The van der Waals surface area contributed by atoms with Crippen molar-refractivity contribution in [2.24, 2.45) is 5.41 Å². The third-order valence-electron chi connectivity index (χ3n) is 3.61. The van der Waals surface area contributed by atoms with E-state index in [1.54, 1.807) is 0 Å². The van der Waals surface area contributed by atoms with Crippen molar-refractivity contribution in [3.63, 3.8) is 0 Å². The number of ketones is 1. The van der Waals surface area contributed by atoms with Gasteiger partial charge in [0.15, 0.2) is 0 Å². The molecule has 0 aromatic heterocycles. The minimum Gasteiger partial charge on any atom is -0.298 e. The summed E-state index contributed by atoms with van der Waals surface area (Å²) >= 11 is 3.45. The number of carbonyl (C=O) groups is 1. The van der Waals surface area contributed by atoms with Gasteiger partial charge in [0.2, 0.25) is 0 Å². The summed E-state index contributed by atoms with van der Waals surface area (Å²) in [7, 11) is 0. The Morgan fingerprint density at radius 2 is 1.57 bits per heavy atom. The first-order chi connectivity index (χ1) is 9.88. The maximum Gasteiger partial charge on any atom is 0.145 e. The SMILES string of the molecule is CC(C)(C)C(=O)C(Cc1ccccc1)c1ccc(Br)cc1. The molecule has 1 nitrogen and oxygen atoms in total. The van der Waals surface area contributed by atoms with Gasteiger partial charge in [-0.25, -0.2) is 0 Å². The summed E-state index contributed by atoms with van der Waals surface area (Å²) in [5.74, 6) is 0.189. The van der Waals surface area contributed by atoms with Gasteiger partial charge in [0.1, 0.15) is 5.78 Å². The van der Waals surface area contributed by atoms with Crippen molar-refractivity contribution in [1.82, 2.24) is 0 Å². The summed E-state index contributed by atoms with van der Waals surface area (Å²) in [5, 5.41) is 0. The number of hydrogen-bond acceptors (Lipinski definition) is 1. The van der Waals surface area contributed by atoms with Crippen LogP contribution in [0, 0.1) is 5.41 Å². The van der Waals surface area contributed by atoms with Crippen molar-refractivity contribution >= 4 is 21.7 Å². The summed E-state index contributed by atoms with van der Waals surface area (Å²) in [6.45, 7) is 5.98. The molecule has 2 aromatic carbocycles. The highest BCUT2D eigenvalue weighted by atomic mass is 79.9. The minimum absolute atomic E-state index is 0.0968. The second kappa shape index (κ2) is 6.57. The van der Waals surface area contributed by atoms with Crippen LogP contribution in [0.15, 0.2) is 59.1 Å². The van der Waals surface area contributed by atoms with E-state index in [4.69, 9.17) is 0 Å². The highest BCUT2D eigenvalue weighted by Gasteiger charge is 2.30. The molecule has 0 aliphatic carbocycles. The van der Waals surface area contributed by atoms with E-state index >= 15 is 0 Å². The lowest BCUT2D eigenvalue weighted by molar-refractivity contribution is -0.127. The second-order valence-electron chi connectivity index (χ2n) is 6.41. The summed E-state index contributed by atoms with van der Waals surface area (Å²) < 4.78 is 1.04. The standard InChI is InChI=1S/C19H21BrO/c1-19(2,3)18(21)17(13-14-7-5-4-6-8-14)15-9-11-16(20)12-10-15/h4-12,17H,13H2,1-3H3. The van der Waals surface area contributed by atoms with Crippen LogP contribution in [0.5, 0.6) is 0 Å². The van der Waals surface area contributed by atoms with Crippen LogP contribution >= 0.6 is 15.9 Å². The van der Waals surface area contributed by atoms with Crippen LogP contribution in [0.2, 0.25) is 0 Å². The lowest BCUT2D eigenvalue weighted by atomic mass is 9.77. The van der Waals surface area contributed by atoms with Crippen LogP contribution < -0.4 is 0 Å². The Kier molecular flexibility index (Phi) is 5.00. The fourth-order valence-electron chi connectivity index (χ4n) is 2.43. The van der Waals surface area contributed by atoms with Gasteiger partial charge in [-0.1, -0.05) is 79.2 Å². The van der Waals surface area contributed by atoms with E-state index in [1.165, 1.54) is 5.56 Å². The first-order valence-corrected chi connectivity index (χ1v) is 8.01. The molecule has 21 heavy (non-hydrogen) atoms. The molecule has 0 radical (unpaired) electrons. The Morgan fingerprint density at radius 3 is 2.10 bits per heavy atom. The zero-order valence-corrected chi connectivity index (χ0v) is 14.4. The Labute approximate surface area is 135 Å². The summed E-state index contributed by atoms with van der Waals surface area (Å²) in [5.41, 5.74) is 1.94. The number of hydrogen-bond donors (Lipinski definition) is 0. The van der Waals surface area contributed by atoms with Gasteiger partial charge in [-0.05, 0) is 29.7 Å². The predicted octanol–water partition coefficient (Wildman–Crippen LogP) is 5.39. The van der Waals surface area contributed by atoms with Crippen LogP contribution in [0.25, 0.3) is 0 Å². The number of Topliss-reactive ketones (excluding diaryl/α,β-unsaturated/α-hetero) is 1. The zero-order chi connectivity index (χ0) is 15.5. The normalized spacial score (nSPS) is 13.0. The maximum absolute atomic E-state index is 12.8. The van der Waals surface area contributed by atoms with Gasteiger partial charge >= 0.3 is 0 Å². The van der Waals surface area contributed by atoms with E-state index in [0.717, 1.165) is 16.5 Å². The minimum atomic E-state index is -0.341. The number of benzene rings is 2. The van der Waals surface area contributed by atoms with E-state index in [9.17, 15) is 4.79 Å². The Hall–Kier alpha value is -1.41. The molecule has 1 atom stereocenters. The molecule has 2 aromatic rings. The maximum atomic E-state index is 12.8. The molecule has 0 heterocycles. The van der Waals surface area contributed by atoms with Gasteiger partial charge in [-0.2, -0.15) is 0 Å². The van der Waals surface area contributed by atoms with Gasteiger partial charge in [0, 0.05) is 15.8 Å². The molecule has 0 aliphatic rings. The van der Waals surface area contributed by atoms with Crippen LogP contribution in [0.4, 0.5) is 0 Å². The highest BCUT2D eigenvalue weighted by molar-refractivity contribution is 9.10. The fourth-order valence-corrected chi connectivity index (χ4v) is 2.69. The fraction of sp³-hybridized carbons (Fsp3) is 0.316. The van der Waals surface area contributed by atoms with E-state index < -0.39 is 0 Å². The molecular formula is C19H21BrO. The average Bonchev–Trinajstić information content (AvgIpc) is 2.45. The van der Waals surface area contributed by atoms with Gasteiger partial charge in [-0.3, -0.25) is 4.79 Å². The molecule has 2 rings (SSSR count). The topological polar surface area (TPSA) is 17.1 Å². The second-order valence-corrected chi connectivity index (χ2v) is 7.32. The highest BCUT2D eigenvalue weighted by Crippen LogP contribution is 2.31. The number of carbonyl (C=O) groups excluding carboxylic acids is 1. The van der Waals surface area contributed by atoms with Gasteiger partial charge in [0.05, 0.1) is 0 Å². The Bertz CT molecular complexity index is 594. The van der Waals surface area contributed by atoms with Gasteiger partial charge in [0.25, 0.3) is 0 Å². The molecule has 0 N–H and O–H groups in total.